The maximum atomic E-state index is 12.8. The maximum absolute atomic E-state index is 12.8. The highest BCUT2D eigenvalue weighted by Crippen LogP contribution is 2.32. The number of nitrogens with zero attached hydrogens (tertiary/aromatic N) is 2. The number of aromatic nitrogens is 2. The first-order valence-electron chi connectivity index (χ1n) is 5.26. The van der Waals surface area contributed by atoms with Crippen molar-refractivity contribution < 1.29 is 27.8 Å². The summed E-state index contributed by atoms with van der Waals surface area (Å²) in [5, 5.41) is 8.71. The summed E-state index contributed by atoms with van der Waals surface area (Å²) < 4.78 is 43.5. The molecule has 2 rings (SSSR count). The number of hydrogen-bond acceptors (Lipinski definition) is 5. The number of thioether (sulfide) groups is 1. The molecular formula is C10H9F3N2O3S. The highest BCUT2D eigenvalue weighted by atomic mass is 32.2. The number of carboxylic acids is 1. The molecule has 0 radical (unpaired) electrons. The third-order valence-electron chi connectivity index (χ3n) is 2.41. The Morgan fingerprint density at radius 1 is 1.53 bits per heavy atom. The maximum Gasteiger partial charge on any atom is 0.434 e. The van der Waals surface area contributed by atoms with Gasteiger partial charge in [-0.2, -0.15) is 24.9 Å². The molecule has 19 heavy (non-hydrogen) atoms. The number of carboxylic acid groups (broad SMARTS) is 1. The lowest BCUT2D eigenvalue weighted by molar-refractivity contribution is -0.142. The second-order valence-corrected chi connectivity index (χ2v) is 4.88. The van der Waals surface area contributed by atoms with E-state index in [1.807, 2.05) is 0 Å². The quantitative estimate of drug-likeness (QED) is 0.899. The van der Waals surface area contributed by atoms with Gasteiger partial charge in [-0.15, -0.1) is 0 Å². The Morgan fingerprint density at radius 3 is 2.79 bits per heavy atom. The van der Waals surface area contributed by atoms with Crippen molar-refractivity contribution in [1.82, 2.24) is 9.97 Å². The predicted octanol–water partition coefficient (Wildman–Crippen LogP) is 2.00. The van der Waals surface area contributed by atoms with Crippen LogP contribution >= 0.6 is 11.8 Å². The Hall–Kier alpha value is -1.35. The molecule has 0 bridgehead atoms. The lowest BCUT2D eigenvalue weighted by Crippen LogP contribution is -2.22. The van der Waals surface area contributed by atoms with E-state index in [0.29, 0.717) is 18.6 Å². The summed E-state index contributed by atoms with van der Waals surface area (Å²) in [4.78, 5) is 17.7. The molecular weight excluding hydrogens is 285 g/mol. The minimum atomic E-state index is -4.84. The zero-order valence-corrected chi connectivity index (χ0v) is 10.3. The first kappa shape index (κ1) is 14.1. The first-order valence-corrected chi connectivity index (χ1v) is 6.42. The molecule has 1 aromatic heterocycles. The van der Waals surface area contributed by atoms with Crippen molar-refractivity contribution >= 4 is 17.7 Å². The van der Waals surface area contributed by atoms with E-state index in [2.05, 4.69) is 9.97 Å². The van der Waals surface area contributed by atoms with Gasteiger partial charge in [0.05, 0.1) is 6.61 Å². The molecule has 1 fully saturated rings. The molecule has 104 valence electrons. The molecule has 0 aliphatic carbocycles. The summed E-state index contributed by atoms with van der Waals surface area (Å²) >= 11 is 1.52. The van der Waals surface area contributed by atoms with Crippen LogP contribution in [0, 0.1) is 0 Å². The van der Waals surface area contributed by atoms with Crippen molar-refractivity contribution in [3.05, 3.63) is 23.3 Å². The van der Waals surface area contributed by atoms with E-state index in [1.54, 1.807) is 0 Å². The number of ether oxygens (including phenoxy) is 1. The Balaban J connectivity index is 2.40. The molecule has 0 amide bonds. The van der Waals surface area contributed by atoms with Crippen molar-refractivity contribution in [3.63, 3.8) is 0 Å². The second kappa shape index (κ2) is 5.33. The molecule has 1 N–H and O–H groups in total. The zero-order valence-electron chi connectivity index (χ0n) is 9.48. The molecule has 1 saturated heterocycles. The van der Waals surface area contributed by atoms with E-state index in [0.717, 1.165) is 5.75 Å². The van der Waals surface area contributed by atoms with Gasteiger partial charge in [-0.3, -0.25) is 0 Å². The van der Waals surface area contributed by atoms with Crippen LogP contribution in [-0.2, 0) is 10.9 Å². The largest absolute Gasteiger partial charge is 0.478 e. The number of hydrogen-bond donors (Lipinski definition) is 1. The van der Waals surface area contributed by atoms with E-state index in [9.17, 15) is 18.0 Å². The molecule has 0 aromatic carbocycles. The molecule has 1 aliphatic heterocycles. The molecule has 0 spiro atoms. The first-order chi connectivity index (χ1) is 8.89. The summed E-state index contributed by atoms with van der Waals surface area (Å²) in [6.45, 7) is 0.403. The van der Waals surface area contributed by atoms with Crippen LogP contribution < -0.4 is 0 Å². The van der Waals surface area contributed by atoms with E-state index in [1.165, 1.54) is 11.8 Å². The van der Waals surface area contributed by atoms with Crippen LogP contribution in [-0.4, -0.2) is 39.2 Å². The number of aromatic carboxylic acids is 1. The summed E-state index contributed by atoms with van der Waals surface area (Å²) in [6.07, 6.45) is -4.80. The number of carbonyl (C=O) groups is 1. The number of rotatable bonds is 2. The highest BCUT2D eigenvalue weighted by molar-refractivity contribution is 7.99. The van der Waals surface area contributed by atoms with Crippen LogP contribution in [0.5, 0.6) is 0 Å². The fourth-order valence-electron chi connectivity index (χ4n) is 1.56. The summed E-state index contributed by atoms with van der Waals surface area (Å²) in [5.74, 6) is -0.637. The minimum absolute atomic E-state index is 0.135. The molecule has 1 aliphatic rings. The Kier molecular flexibility index (Phi) is 3.95. The Labute approximate surface area is 110 Å². The normalized spacial score (nSPS) is 20.3. The fraction of sp³-hybridized carbons (Fsp3) is 0.500. The van der Waals surface area contributed by atoms with Gasteiger partial charge in [0.25, 0.3) is 0 Å². The summed E-state index contributed by atoms with van der Waals surface area (Å²) in [5.41, 5.74) is -2.40. The Bertz CT molecular complexity index is 489. The van der Waals surface area contributed by atoms with E-state index < -0.39 is 29.5 Å². The smallest absolute Gasteiger partial charge is 0.434 e. The van der Waals surface area contributed by atoms with Gasteiger partial charge in [0, 0.05) is 17.7 Å². The van der Waals surface area contributed by atoms with Gasteiger partial charge in [-0.05, 0) is 0 Å². The average Bonchev–Trinajstić information content (AvgIpc) is 2.38. The monoisotopic (exact) mass is 294 g/mol. The predicted molar refractivity (Wildman–Crippen MR) is 60.0 cm³/mol. The van der Waals surface area contributed by atoms with Crippen LogP contribution in [0.2, 0.25) is 0 Å². The molecule has 1 atom stereocenters. The van der Waals surface area contributed by atoms with Gasteiger partial charge in [0.1, 0.15) is 11.7 Å². The van der Waals surface area contributed by atoms with Crippen LogP contribution in [0.4, 0.5) is 13.2 Å². The van der Waals surface area contributed by atoms with Gasteiger partial charge in [0.15, 0.2) is 11.5 Å². The lowest BCUT2D eigenvalue weighted by Gasteiger charge is -2.21. The summed E-state index contributed by atoms with van der Waals surface area (Å²) in [7, 11) is 0. The second-order valence-electron chi connectivity index (χ2n) is 3.73. The highest BCUT2D eigenvalue weighted by Gasteiger charge is 2.38. The summed E-state index contributed by atoms with van der Waals surface area (Å²) in [6, 6.07) is 0. The van der Waals surface area contributed by atoms with Gasteiger partial charge >= 0.3 is 12.1 Å². The standard InChI is InChI=1S/C10H9F3N2O3S/c11-10(12,13)7-5(9(16)17)3-14-8(15-7)6-4-19-2-1-18-6/h3,6H,1-2,4H2,(H,16,17). The average molecular weight is 294 g/mol. The van der Waals surface area contributed by atoms with Crippen LogP contribution in [0.1, 0.15) is 28.0 Å². The lowest BCUT2D eigenvalue weighted by atomic mass is 10.2. The Morgan fingerprint density at radius 2 is 2.26 bits per heavy atom. The fourth-order valence-corrected chi connectivity index (χ4v) is 2.40. The van der Waals surface area contributed by atoms with Crippen molar-refractivity contribution in [2.75, 3.05) is 18.1 Å². The van der Waals surface area contributed by atoms with Gasteiger partial charge in [-0.1, -0.05) is 0 Å². The number of alkyl halides is 3. The third-order valence-corrected chi connectivity index (χ3v) is 3.40. The van der Waals surface area contributed by atoms with Gasteiger partial charge in [-0.25, -0.2) is 14.8 Å². The molecule has 1 unspecified atom stereocenters. The third kappa shape index (κ3) is 3.16. The molecule has 2 heterocycles. The topological polar surface area (TPSA) is 72.3 Å². The van der Waals surface area contributed by atoms with Crippen molar-refractivity contribution in [2.24, 2.45) is 0 Å². The number of halogens is 3. The van der Waals surface area contributed by atoms with Crippen molar-refractivity contribution in [2.45, 2.75) is 12.3 Å². The van der Waals surface area contributed by atoms with Gasteiger partial charge < -0.3 is 9.84 Å². The van der Waals surface area contributed by atoms with Crippen LogP contribution in [0.3, 0.4) is 0 Å². The molecule has 9 heteroatoms. The minimum Gasteiger partial charge on any atom is -0.478 e. The van der Waals surface area contributed by atoms with Gasteiger partial charge in [0.2, 0.25) is 0 Å². The zero-order chi connectivity index (χ0) is 14.0. The van der Waals surface area contributed by atoms with Crippen molar-refractivity contribution in [1.29, 1.82) is 0 Å². The molecule has 5 nitrogen and oxygen atoms in total. The van der Waals surface area contributed by atoms with Crippen LogP contribution in [0.25, 0.3) is 0 Å². The van der Waals surface area contributed by atoms with E-state index >= 15 is 0 Å². The van der Waals surface area contributed by atoms with Crippen molar-refractivity contribution in [3.8, 4) is 0 Å². The molecule has 0 saturated carbocycles. The van der Waals surface area contributed by atoms with E-state index in [-0.39, 0.29) is 5.82 Å². The SMILES string of the molecule is O=C(O)c1cnc(C2CSCCO2)nc1C(F)(F)F. The van der Waals surface area contributed by atoms with E-state index in [4.69, 9.17) is 9.84 Å². The van der Waals surface area contributed by atoms with Crippen LogP contribution in [0.15, 0.2) is 6.20 Å². The molecule has 1 aromatic rings.